The Labute approximate surface area is 120 Å². The van der Waals surface area contributed by atoms with Gasteiger partial charge in [0.1, 0.15) is 6.20 Å². The topological polar surface area (TPSA) is 103 Å². The summed E-state index contributed by atoms with van der Waals surface area (Å²) < 4.78 is 1.88. The second kappa shape index (κ2) is 4.97. The van der Waals surface area contributed by atoms with Crippen molar-refractivity contribution < 1.29 is 4.92 Å². The summed E-state index contributed by atoms with van der Waals surface area (Å²) in [5.41, 5.74) is 1.60. The Morgan fingerprint density at radius 3 is 2.90 bits per heavy atom. The van der Waals surface area contributed by atoms with Gasteiger partial charge in [-0.2, -0.15) is 10.2 Å². The van der Waals surface area contributed by atoms with Gasteiger partial charge >= 0.3 is 5.69 Å². The van der Waals surface area contributed by atoms with Crippen molar-refractivity contribution in [2.24, 2.45) is 5.92 Å². The third-order valence-electron chi connectivity index (χ3n) is 3.14. The van der Waals surface area contributed by atoms with Crippen molar-refractivity contribution in [1.29, 1.82) is 0 Å². The second-order valence-corrected chi connectivity index (χ2v) is 5.24. The fourth-order valence-corrected chi connectivity index (χ4v) is 2.21. The van der Waals surface area contributed by atoms with Gasteiger partial charge in [0.15, 0.2) is 5.69 Å². The number of nitro groups is 1. The van der Waals surface area contributed by atoms with Crippen LogP contribution in [0.5, 0.6) is 0 Å². The summed E-state index contributed by atoms with van der Waals surface area (Å²) in [6, 6.07) is 1.80. The second-order valence-electron chi connectivity index (χ2n) is 5.24. The fourth-order valence-electron chi connectivity index (χ4n) is 2.21. The van der Waals surface area contributed by atoms with Gasteiger partial charge in [0.2, 0.25) is 0 Å². The molecule has 3 aromatic heterocycles. The number of H-pyrrole nitrogens is 1. The molecule has 3 heterocycles. The normalized spacial score (nSPS) is 11.4. The van der Waals surface area contributed by atoms with E-state index in [9.17, 15) is 10.1 Å². The molecule has 3 aromatic rings. The highest BCUT2D eigenvalue weighted by atomic mass is 16.6. The highest BCUT2D eigenvalue weighted by Crippen LogP contribution is 2.27. The summed E-state index contributed by atoms with van der Waals surface area (Å²) in [6.45, 7) is 4.99. The van der Waals surface area contributed by atoms with Crippen molar-refractivity contribution in [3.8, 4) is 11.4 Å². The first-order chi connectivity index (χ1) is 10.1. The molecule has 0 bridgehead atoms. The number of fused-ring (bicyclic) bond motifs is 1. The fraction of sp³-hybridized carbons (Fsp3) is 0.308. The standard InChI is InChI=1S/C13H14N6O2/c1-8(2)7-18-11-3-10(14-4-9(11)5-16-18)13-12(19(20)21)6-15-17-13/h3-6,8H,7H2,1-2H3,(H,15,17). The molecule has 0 unspecified atom stereocenters. The van der Waals surface area contributed by atoms with E-state index in [1.807, 2.05) is 4.68 Å². The predicted octanol–water partition coefficient (Wildman–Crippen LogP) is 2.39. The van der Waals surface area contributed by atoms with Crippen molar-refractivity contribution in [1.82, 2.24) is 25.0 Å². The van der Waals surface area contributed by atoms with Gasteiger partial charge < -0.3 is 0 Å². The maximum atomic E-state index is 11.0. The number of aromatic nitrogens is 5. The molecule has 0 radical (unpaired) electrons. The Hall–Kier alpha value is -2.77. The van der Waals surface area contributed by atoms with Crippen molar-refractivity contribution in [2.75, 3.05) is 0 Å². The molecule has 21 heavy (non-hydrogen) atoms. The third-order valence-corrected chi connectivity index (χ3v) is 3.14. The minimum Gasteiger partial charge on any atom is -0.270 e. The minimum absolute atomic E-state index is 0.0863. The lowest BCUT2D eigenvalue weighted by atomic mass is 10.2. The van der Waals surface area contributed by atoms with Crippen LogP contribution in [0.3, 0.4) is 0 Å². The largest absolute Gasteiger partial charge is 0.316 e. The molecule has 0 aromatic carbocycles. The van der Waals surface area contributed by atoms with E-state index in [4.69, 9.17) is 0 Å². The van der Waals surface area contributed by atoms with Gasteiger partial charge in [0, 0.05) is 18.1 Å². The van der Waals surface area contributed by atoms with E-state index in [0.29, 0.717) is 17.3 Å². The highest BCUT2D eigenvalue weighted by molar-refractivity contribution is 5.82. The summed E-state index contributed by atoms with van der Waals surface area (Å²) in [7, 11) is 0. The quantitative estimate of drug-likeness (QED) is 0.586. The average molecular weight is 286 g/mol. The third kappa shape index (κ3) is 2.35. The molecule has 0 aliphatic rings. The van der Waals surface area contributed by atoms with Crippen LogP contribution < -0.4 is 0 Å². The van der Waals surface area contributed by atoms with Crippen molar-refractivity contribution in [3.05, 3.63) is 34.8 Å². The number of hydrogen-bond donors (Lipinski definition) is 1. The van der Waals surface area contributed by atoms with E-state index in [1.165, 1.54) is 6.20 Å². The molecular weight excluding hydrogens is 272 g/mol. The summed E-state index contributed by atoms with van der Waals surface area (Å²) in [4.78, 5) is 14.8. The van der Waals surface area contributed by atoms with Crippen LogP contribution in [-0.2, 0) is 6.54 Å². The molecule has 0 saturated heterocycles. The Morgan fingerprint density at radius 1 is 1.38 bits per heavy atom. The first kappa shape index (κ1) is 13.2. The zero-order valence-electron chi connectivity index (χ0n) is 11.6. The summed E-state index contributed by atoms with van der Waals surface area (Å²) >= 11 is 0. The van der Waals surface area contributed by atoms with Gasteiger partial charge in [-0.1, -0.05) is 13.8 Å². The first-order valence-electron chi connectivity index (χ1n) is 6.56. The molecule has 108 valence electrons. The van der Waals surface area contributed by atoms with E-state index in [0.717, 1.165) is 17.4 Å². The van der Waals surface area contributed by atoms with Gasteiger partial charge in [0.25, 0.3) is 0 Å². The van der Waals surface area contributed by atoms with Gasteiger partial charge in [-0.05, 0) is 12.0 Å². The molecule has 0 aliphatic carbocycles. The number of rotatable bonds is 4. The van der Waals surface area contributed by atoms with Gasteiger partial charge in [-0.25, -0.2) is 0 Å². The molecule has 0 amide bonds. The zero-order chi connectivity index (χ0) is 15.0. The monoisotopic (exact) mass is 286 g/mol. The predicted molar refractivity (Wildman–Crippen MR) is 76.6 cm³/mol. The van der Waals surface area contributed by atoms with Crippen LogP contribution >= 0.6 is 0 Å². The van der Waals surface area contributed by atoms with Gasteiger partial charge in [0.05, 0.1) is 22.3 Å². The van der Waals surface area contributed by atoms with E-state index in [2.05, 4.69) is 34.1 Å². The molecule has 0 fully saturated rings. The number of nitrogens with one attached hydrogen (secondary N) is 1. The van der Waals surface area contributed by atoms with Crippen LogP contribution in [0.1, 0.15) is 13.8 Å². The first-order valence-corrected chi connectivity index (χ1v) is 6.56. The Balaban J connectivity index is 2.11. The molecule has 0 spiro atoms. The van der Waals surface area contributed by atoms with Crippen LogP contribution in [0.4, 0.5) is 5.69 Å². The molecule has 8 nitrogen and oxygen atoms in total. The van der Waals surface area contributed by atoms with Crippen LogP contribution in [0.2, 0.25) is 0 Å². The number of nitrogens with zero attached hydrogens (tertiary/aromatic N) is 5. The van der Waals surface area contributed by atoms with E-state index >= 15 is 0 Å². The molecule has 0 aliphatic heterocycles. The SMILES string of the molecule is CC(C)Cn1ncc2cnc(-c3[nH]ncc3[N+](=O)[O-])cc21. The Bertz CT molecular complexity index is 804. The lowest BCUT2D eigenvalue weighted by Crippen LogP contribution is -2.05. The zero-order valence-corrected chi connectivity index (χ0v) is 11.6. The minimum atomic E-state index is -0.476. The number of hydrogen-bond acceptors (Lipinski definition) is 5. The number of aromatic amines is 1. The lowest BCUT2D eigenvalue weighted by molar-refractivity contribution is -0.384. The molecule has 1 N–H and O–H groups in total. The lowest BCUT2D eigenvalue weighted by Gasteiger charge is -2.06. The summed E-state index contributed by atoms with van der Waals surface area (Å²) in [5, 5.41) is 22.6. The van der Waals surface area contributed by atoms with Crippen LogP contribution in [0.25, 0.3) is 22.3 Å². The number of pyridine rings is 1. The van der Waals surface area contributed by atoms with Crippen molar-refractivity contribution >= 4 is 16.6 Å². The Kier molecular flexibility index (Phi) is 3.13. The maximum Gasteiger partial charge on any atom is 0.316 e. The van der Waals surface area contributed by atoms with Crippen LogP contribution in [0, 0.1) is 16.0 Å². The molecular formula is C13H14N6O2. The van der Waals surface area contributed by atoms with Crippen LogP contribution in [-0.4, -0.2) is 29.9 Å². The van der Waals surface area contributed by atoms with E-state index in [-0.39, 0.29) is 5.69 Å². The smallest absolute Gasteiger partial charge is 0.270 e. The summed E-state index contributed by atoms with van der Waals surface area (Å²) in [5.74, 6) is 0.450. The van der Waals surface area contributed by atoms with E-state index in [1.54, 1.807) is 18.5 Å². The van der Waals surface area contributed by atoms with Crippen molar-refractivity contribution in [2.45, 2.75) is 20.4 Å². The highest BCUT2D eigenvalue weighted by Gasteiger charge is 2.19. The van der Waals surface area contributed by atoms with E-state index < -0.39 is 4.92 Å². The van der Waals surface area contributed by atoms with Gasteiger partial charge in [-0.15, -0.1) is 0 Å². The van der Waals surface area contributed by atoms with Crippen molar-refractivity contribution in [3.63, 3.8) is 0 Å². The molecule has 8 heteroatoms. The summed E-state index contributed by atoms with van der Waals surface area (Å²) in [6.07, 6.45) is 4.60. The Morgan fingerprint density at radius 2 is 2.19 bits per heavy atom. The molecule has 0 atom stereocenters. The average Bonchev–Trinajstić information content (AvgIpc) is 3.05. The van der Waals surface area contributed by atoms with Crippen LogP contribution in [0.15, 0.2) is 24.7 Å². The molecule has 0 saturated carbocycles. The molecule has 3 rings (SSSR count). The van der Waals surface area contributed by atoms with Gasteiger partial charge in [-0.3, -0.25) is 24.9 Å². The maximum absolute atomic E-state index is 11.0.